The molecule has 0 aromatic heterocycles. The largest absolute Gasteiger partial charge is 0.495 e. The third-order valence-electron chi connectivity index (χ3n) is 1.90. The van der Waals surface area contributed by atoms with E-state index in [0.29, 0.717) is 17.4 Å². The molecule has 1 aromatic carbocycles. The first-order valence-electron chi connectivity index (χ1n) is 4.66. The molecule has 4 heteroatoms. The van der Waals surface area contributed by atoms with Crippen LogP contribution in [0, 0.1) is 0 Å². The van der Waals surface area contributed by atoms with Crippen molar-refractivity contribution < 1.29 is 14.3 Å². The molecule has 1 rings (SSSR count). The van der Waals surface area contributed by atoms with Crippen molar-refractivity contribution in [1.29, 1.82) is 0 Å². The molecule has 0 bridgehead atoms. The van der Waals surface area contributed by atoms with E-state index in [0.717, 1.165) is 5.56 Å². The highest BCUT2D eigenvalue weighted by Crippen LogP contribution is 2.28. The molecule has 0 saturated heterocycles. The van der Waals surface area contributed by atoms with Crippen molar-refractivity contribution in [1.82, 2.24) is 0 Å². The van der Waals surface area contributed by atoms with Crippen LogP contribution in [0.4, 0.5) is 0 Å². The smallest absolute Gasteiger partial charge is 0.310 e. The monoisotopic (exact) mass is 228 g/mol. The summed E-state index contributed by atoms with van der Waals surface area (Å²) in [5, 5.41) is 0.466. The number of benzene rings is 1. The molecule has 0 atom stereocenters. The Morgan fingerprint density at radius 2 is 2.20 bits per heavy atom. The van der Waals surface area contributed by atoms with E-state index in [1.165, 1.54) is 7.11 Å². The molecule has 3 nitrogen and oxygen atoms in total. The molecule has 0 radical (unpaired) electrons. The van der Waals surface area contributed by atoms with E-state index in [9.17, 15) is 4.79 Å². The standard InChI is InChI=1S/C11H13ClO3/c1-3-15-10(13)7-8-5-4-6-9(14-2)11(8)12/h4-6H,3,7H2,1-2H3. The summed E-state index contributed by atoms with van der Waals surface area (Å²) in [7, 11) is 1.54. The number of carbonyl (C=O) groups excluding carboxylic acids is 1. The molecular weight excluding hydrogens is 216 g/mol. The minimum absolute atomic E-state index is 0.171. The average Bonchev–Trinajstić information content (AvgIpc) is 2.21. The molecule has 15 heavy (non-hydrogen) atoms. The summed E-state index contributed by atoms with van der Waals surface area (Å²) in [6.45, 7) is 2.14. The fraction of sp³-hybridized carbons (Fsp3) is 0.364. The summed E-state index contributed by atoms with van der Waals surface area (Å²) < 4.78 is 9.88. The summed E-state index contributed by atoms with van der Waals surface area (Å²) in [5.74, 6) is 0.283. The van der Waals surface area contributed by atoms with Gasteiger partial charge in [0, 0.05) is 0 Å². The van der Waals surface area contributed by atoms with E-state index >= 15 is 0 Å². The number of halogens is 1. The number of hydrogen-bond acceptors (Lipinski definition) is 3. The average molecular weight is 229 g/mol. The fourth-order valence-electron chi connectivity index (χ4n) is 1.22. The molecule has 1 aromatic rings. The molecule has 82 valence electrons. The van der Waals surface area contributed by atoms with Gasteiger partial charge in [0.1, 0.15) is 5.75 Å². The summed E-state index contributed by atoms with van der Waals surface area (Å²) >= 11 is 6.02. The number of ether oxygens (including phenoxy) is 2. The second kappa shape index (κ2) is 5.61. The second-order valence-electron chi connectivity index (χ2n) is 2.92. The zero-order valence-corrected chi connectivity index (χ0v) is 9.50. The van der Waals surface area contributed by atoms with Crippen LogP contribution in [0.3, 0.4) is 0 Å². The maximum Gasteiger partial charge on any atom is 0.310 e. The van der Waals surface area contributed by atoms with Gasteiger partial charge in [-0.05, 0) is 18.6 Å². The van der Waals surface area contributed by atoms with Crippen LogP contribution >= 0.6 is 11.6 Å². The number of carbonyl (C=O) groups is 1. The van der Waals surface area contributed by atoms with Gasteiger partial charge >= 0.3 is 5.97 Å². The van der Waals surface area contributed by atoms with Gasteiger partial charge in [-0.15, -0.1) is 0 Å². The predicted octanol–water partition coefficient (Wildman–Crippen LogP) is 2.45. The summed E-state index contributed by atoms with van der Waals surface area (Å²) in [4.78, 5) is 11.2. The first-order valence-corrected chi connectivity index (χ1v) is 5.03. The molecule has 0 N–H and O–H groups in total. The molecule has 0 aliphatic rings. The minimum atomic E-state index is -0.285. The predicted molar refractivity (Wildman–Crippen MR) is 58.3 cm³/mol. The van der Waals surface area contributed by atoms with E-state index in [2.05, 4.69) is 0 Å². The lowest BCUT2D eigenvalue weighted by atomic mass is 10.1. The van der Waals surface area contributed by atoms with Crippen molar-refractivity contribution in [2.45, 2.75) is 13.3 Å². The molecule has 0 aliphatic heterocycles. The SMILES string of the molecule is CCOC(=O)Cc1cccc(OC)c1Cl. The zero-order valence-electron chi connectivity index (χ0n) is 8.75. The van der Waals surface area contributed by atoms with Crippen LogP contribution in [0.2, 0.25) is 5.02 Å². The number of hydrogen-bond donors (Lipinski definition) is 0. The van der Waals surface area contributed by atoms with Crippen LogP contribution in [0.15, 0.2) is 18.2 Å². The molecule has 0 fully saturated rings. The lowest BCUT2D eigenvalue weighted by Crippen LogP contribution is -2.08. The first-order chi connectivity index (χ1) is 7.19. The molecule has 0 heterocycles. The fourth-order valence-corrected chi connectivity index (χ4v) is 1.49. The van der Waals surface area contributed by atoms with Crippen molar-refractivity contribution in [3.63, 3.8) is 0 Å². The van der Waals surface area contributed by atoms with Crippen molar-refractivity contribution >= 4 is 17.6 Å². The Kier molecular flexibility index (Phi) is 4.43. The minimum Gasteiger partial charge on any atom is -0.495 e. The van der Waals surface area contributed by atoms with Gasteiger partial charge in [0.05, 0.1) is 25.2 Å². The van der Waals surface area contributed by atoms with Crippen LogP contribution in [0.25, 0.3) is 0 Å². The summed E-state index contributed by atoms with van der Waals surface area (Å²) in [6, 6.07) is 5.32. The second-order valence-corrected chi connectivity index (χ2v) is 3.29. The molecule has 0 aliphatic carbocycles. The number of esters is 1. The highest BCUT2D eigenvalue weighted by atomic mass is 35.5. The summed E-state index contributed by atoms with van der Waals surface area (Å²) in [6.07, 6.45) is 0.171. The van der Waals surface area contributed by atoms with E-state index < -0.39 is 0 Å². The van der Waals surface area contributed by atoms with Crippen molar-refractivity contribution in [3.8, 4) is 5.75 Å². The maximum absolute atomic E-state index is 11.2. The molecule has 0 amide bonds. The Bertz CT molecular complexity index is 350. The Hall–Kier alpha value is -1.22. The highest BCUT2D eigenvalue weighted by Gasteiger charge is 2.10. The van der Waals surface area contributed by atoms with Crippen LogP contribution in [0.1, 0.15) is 12.5 Å². The molecule has 0 unspecified atom stereocenters. The quantitative estimate of drug-likeness (QED) is 0.743. The third-order valence-corrected chi connectivity index (χ3v) is 2.33. The topological polar surface area (TPSA) is 35.5 Å². The van der Waals surface area contributed by atoms with Crippen LogP contribution in [-0.2, 0) is 16.0 Å². The van der Waals surface area contributed by atoms with Gasteiger partial charge < -0.3 is 9.47 Å². The van der Waals surface area contributed by atoms with Crippen molar-refractivity contribution in [3.05, 3.63) is 28.8 Å². The Morgan fingerprint density at radius 3 is 2.80 bits per heavy atom. The molecule has 0 spiro atoms. The van der Waals surface area contributed by atoms with Crippen LogP contribution in [0.5, 0.6) is 5.75 Å². The lowest BCUT2D eigenvalue weighted by molar-refractivity contribution is -0.142. The lowest BCUT2D eigenvalue weighted by Gasteiger charge is -2.07. The van der Waals surface area contributed by atoms with Gasteiger partial charge in [-0.2, -0.15) is 0 Å². The van der Waals surface area contributed by atoms with E-state index in [1.54, 1.807) is 25.1 Å². The van der Waals surface area contributed by atoms with Gasteiger partial charge in [0.15, 0.2) is 0 Å². The van der Waals surface area contributed by atoms with Gasteiger partial charge in [0.2, 0.25) is 0 Å². The van der Waals surface area contributed by atoms with Gasteiger partial charge in [-0.3, -0.25) is 4.79 Å². The maximum atomic E-state index is 11.2. The number of rotatable bonds is 4. The van der Waals surface area contributed by atoms with Crippen molar-refractivity contribution in [2.24, 2.45) is 0 Å². The molecule has 0 saturated carbocycles. The van der Waals surface area contributed by atoms with Gasteiger partial charge in [-0.1, -0.05) is 23.7 Å². The normalized spacial score (nSPS) is 9.80. The van der Waals surface area contributed by atoms with Crippen molar-refractivity contribution in [2.75, 3.05) is 13.7 Å². The third kappa shape index (κ3) is 3.13. The first kappa shape index (κ1) is 11.9. The zero-order chi connectivity index (χ0) is 11.3. The Labute approximate surface area is 93.9 Å². The van der Waals surface area contributed by atoms with Gasteiger partial charge in [0.25, 0.3) is 0 Å². The Morgan fingerprint density at radius 1 is 1.47 bits per heavy atom. The van der Waals surface area contributed by atoms with Crippen LogP contribution < -0.4 is 4.74 Å². The summed E-state index contributed by atoms with van der Waals surface area (Å²) in [5.41, 5.74) is 0.717. The van der Waals surface area contributed by atoms with E-state index in [-0.39, 0.29) is 12.4 Å². The molecular formula is C11H13ClO3. The van der Waals surface area contributed by atoms with E-state index in [1.807, 2.05) is 0 Å². The highest BCUT2D eigenvalue weighted by molar-refractivity contribution is 6.33. The van der Waals surface area contributed by atoms with E-state index in [4.69, 9.17) is 21.1 Å². The number of methoxy groups -OCH3 is 1. The van der Waals surface area contributed by atoms with Crippen LogP contribution in [-0.4, -0.2) is 19.7 Å². The van der Waals surface area contributed by atoms with Gasteiger partial charge in [-0.25, -0.2) is 0 Å². The Balaban J connectivity index is 2.81.